The van der Waals surface area contributed by atoms with Crippen molar-refractivity contribution in [3.63, 3.8) is 0 Å². The van der Waals surface area contributed by atoms with E-state index in [0.29, 0.717) is 19.0 Å². The molecule has 2 fully saturated rings. The highest BCUT2D eigenvalue weighted by Gasteiger charge is 2.67. The zero-order chi connectivity index (χ0) is 15.1. The summed E-state index contributed by atoms with van der Waals surface area (Å²) < 4.78 is 11.7. The van der Waals surface area contributed by atoms with Gasteiger partial charge in [0.05, 0.1) is 6.61 Å². The van der Waals surface area contributed by atoms with E-state index in [4.69, 9.17) is 9.47 Å². The van der Waals surface area contributed by atoms with E-state index in [1.165, 1.54) is 0 Å². The monoisotopic (exact) mass is 288 g/mol. The van der Waals surface area contributed by atoms with Crippen LogP contribution in [-0.4, -0.2) is 18.7 Å². The summed E-state index contributed by atoms with van der Waals surface area (Å²) in [4.78, 5) is 10.9. The van der Waals surface area contributed by atoms with Gasteiger partial charge in [-0.3, -0.25) is 4.79 Å². The van der Waals surface area contributed by atoms with Crippen LogP contribution in [0.25, 0.3) is 0 Å². The van der Waals surface area contributed by atoms with Gasteiger partial charge in [0, 0.05) is 11.3 Å². The predicted molar refractivity (Wildman–Crippen MR) is 80.6 cm³/mol. The van der Waals surface area contributed by atoms with Gasteiger partial charge in [-0.1, -0.05) is 51.1 Å². The molecule has 2 saturated carbocycles. The second-order valence-electron chi connectivity index (χ2n) is 7.20. The van der Waals surface area contributed by atoms with Crippen LogP contribution in [0.1, 0.15) is 39.2 Å². The highest BCUT2D eigenvalue weighted by molar-refractivity contribution is 5.38. The minimum atomic E-state index is -0.111. The summed E-state index contributed by atoms with van der Waals surface area (Å²) in [5.41, 5.74) is 1.37. The van der Waals surface area contributed by atoms with Gasteiger partial charge in [-0.15, -0.1) is 0 Å². The smallest absolute Gasteiger partial charge is 0.293 e. The first kappa shape index (κ1) is 14.6. The SMILES string of the molecule is CC1(C)C2CCC1(C)C(OCc1ccccc1)C2OC=O. The van der Waals surface area contributed by atoms with Crippen molar-refractivity contribution < 1.29 is 14.3 Å². The molecule has 0 amide bonds. The molecule has 0 aliphatic heterocycles. The van der Waals surface area contributed by atoms with E-state index in [1.807, 2.05) is 18.2 Å². The summed E-state index contributed by atoms with van der Waals surface area (Å²) in [5.74, 6) is 0.397. The fraction of sp³-hybridized carbons (Fsp3) is 0.611. The third kappa shape index (κ3) is 2.10. The van der Waals surface area contributed by atoms with Gasteiger partial charge >= 0.3 is 0 Å². The molecule has 1 aromatic carbocycles. The minimum absolute atomic E-state index is 0.0170. The Labute approximate surface area is 126 Å². The molecule has 4 atom stereocenters. The van der Waals surface area contributed by atoms with Crippen LogP contribution in [0, 0.1) is 16.7 Å². The summed E-state index contributed by atoms with van der Waals surface area (Å²) >= 11 is 0. The molecule has 0 radical (unpaired) electrons. The lowest BCUT2D eigenvalue weighted by atomic mass is 9.70. The number of ether oxygens (including phenoxy) is 2. The molecule has 1 aromatic rings. The molecule has 0 heterocycles. The Kier molecular flexibility index (Phi) is 3.56. The lowest BCUT2D eigenvalue weighted by molar-refractivity contribution is -0.153. The number of hydrogen-bond donors (Lipinski definition) is 0. The first-order valence-corrected chi connectivity index (χ1v) is 7.75. The standard InChI is InChI=1S/C18H24O3/c1-17(2)14-9-10-18(17,3)16(15(14)21-12-19)20-11-13-7-5-4-6-8-13/h4-8,12,14-16H,9-11H2,1-3H3. The van der Waals surface area contributed by atoms with Gasteiger partial charge in [0.2, 0.25) is 0 Å². The van der Waals surface area contributed by atoms with Crippen molar-refractivity contribution >= 4 is 6.47 Å². The average molecular weight is 288 g/mol. The molecule has 3 nitrogen and oxygen atoms in total. The van der Waals surface area contributed by atoms with Crippen molar-refractivity contribution in [2.24, 2.45) is 16.7 Å². The average Bonchev–Trinajstić information content (AvgIpc) is 2.78. The number of benzene rings is 1. The highest BCUT2D eigenvalue weighted by atomic mass is 16.6. The van der Waals surface area contributed by atoms with Crippen molar-refractivity contribution in [2.45, 2.75) is 52.4 Å². The second kappa shape index (κ2) is 5.13. The first-order valence-electron chi connectivity index (χ1n) is 7.75. The maximum Gasteiger partial charge on any atom is 0.293 e. The Morgan fingerprint density at radius 1 is 1.24 bits per heavy atom. The molecular weight excluding hydrogens is 264 g/mol. The van der Waals surface area contributed by atoms with Crippen LogP contribution in [0.15, 0.2) is 30.3 Å². The van der Waals surface area contributed by atoms with Gasteiger partial charge in [0.15, 0.2) is 0 Å². The van der Waals surface area contributed by atoms with Crippen LogP contribution in [-0.2, 0) is 20.9 Å². The Morgan fingerprint density at radius 3 is 2.62 bits per heavy atom. The van der Waals surface area contributed by atoms with E-state index in [-0.39, 0.29) is 23.0 Å². The number of rotatable bonds is 5. The summed E-state index contributed by atoms with van der Waals surface area (Å²) in [6, 6.07) is 10.2. The topological polar surface area (TPSA) is 35.5 Å². The zero-order valence-corrected chi connectivity index (χ0v) is 13.0. The predicted octanol–water partition coefficient (Wildman–Crippen LogP) is 3.57. The number of fused-ring (bicyclic) bond motifs is 2. The van der Waals surface area contributed by atoms with Gasteiger partial charge in [-0.2, -0.15) is 0 Å². The van der Waals surface area contributed by atoms with Crippen molar-refractivity contribution in [1.82, 2.24) is 0 Å². The van der Waals surface area contributed by atoms with Gasteiger partial charge in [0.1, 0.15) is 12.2 Å². The van der Waals surface area contributed by atoms with Gasteiger partial charge in [0.25, 0.3) is 6.47 Å². The van der Waals surface area contributed by atoms with Crippen molar-refractivity contribution in [3.8, 4) is 0 Å². The molecule has 4 unspecified atom stereocenters. The highest BCUT2D eigenvalue weighted by Crippen LogP contribution is 2.66. The van der Waals surface area contributed by atoms with E-state index in [2.05, 4.69) is 32.9 Å². The fourth-order valence-electron chi connectivity index (χ4n) is 4.49. The second-order valence-corrected chi connectivity index (χ2v) is 7.20. The van der Waals surface area contributed by atoms with E-state index in [9.17, 15) is 4.79 Å². The molecule has 3 heteroatoms. The van der Waals surface area contributed by atoms with Crippen LogP contribution >= 0.6 is 0 Å². The molecule has 0 saturated heterocycles. The van der Waals surface area contributed by atoms with E-state index in [0.717, 1.165) is 18.4 Å². The Balaban J connectivity index is 1.80. The molecule has 0 aromatic heterocycles. The molecule has 21 heavy (non-hydrogen) atoms. The molecule has 0 spiro atoms. The van der Waals surface area contributed by atoms with Crippen LogP contribution in [0.2, 0.25) is 0 Å². The Hall–Kier alpha value is -1.35. The molecular formula is C18H24O3. The van der Waals surface area contributed by atoms with Crippen molar-refractivity contribution in [2.75, 3.05) is 0 Å². The van der Waals surface area contributed by atoms with E-state index in [1.54, 1.807) is 0 Å². The maximum atomic E-state index is 10.9. The van der Waals surface area contributed by atoms with Gasteiger partial charge in [-0.25, -0.2) is 0 Å². The fourth-order valence-corrected chi connectivity index (χ4v) is 4.49. The maximum absolute atomic E-state index is 10.9. The lowest BCUT2D eigenvalue weighted by Gasteiger charge is -2.39. The van der Waals surface area contributed by atoms with Crippen molar-refractivity contribution in [1.29, 1.82) is 0 Å². The Morgan fingerprint density at radius 2 is 1.95 bits per heavy atom. The van der Waals surface area contributed by atoms with Gasteiger partial charge in [-0.05, 0) is 23.8 Å². The molecule has 114 valence electrons. The van der Waals surface area contributed by atoms with Gasteiger partial charge < -0.3 is 9.47 Å². The molecule has 2 aliphatic rings. The lowest BCUT2D eigenvalue weighted by Crippen LogP contribution is -2.42. The van der Waals surface area contributed by atoms with Crippen LogP contribution < -0.4 is 0 Å². The summed E-state index contributed by atoms with van der Waals surface area (Å²) in [6.45, 7) is 8.03. The zero-order valence-electron chi connectivity index (χ0n) is 13.0. The molecule has 2 aliphatic carbocycles. The number of hydrogen-bond acceptors (Lipinski definition) is 3. The van der Waals surface area contributed by atoms with E-state index >= 15 is 0 Å². The third-order valence-electron chi connectivity index (χ3n) is 6.18. The first-order chi connectivity index (χ1) is 10.0. The minimum Gasteiger partial charge on any atom is -0.461 e. The molecule has 0 N–H and O–H groups in total. The molecule has 3 rings (SSSR count). The van der Waals surface area contributed by atoms with E-state index < -0.39 is 0 Å². The molecule has 2 bridgehead atoms. The van der Waals surface area contributed by atoms with Crippen molar-refractivity contribution in [3.05, 3.63) is 35.9 Å². The largest absolute Gasteiger partial charge is 0.461 e. The normalized spacial score (nSPS) is 36.6. The van der Waals surface area contributed by atoms with Crippen LogP contribution in [0.3, 0.4) is 0 Å². The Bertz CT molecular complexity index is 510. The summed E-state index contributed by atoms with van der Waals surface area (Å²) in [5, 5.41) is 0. The number of carbonyl (C=O) groups is 1. The number of carbonyl (C=O) groups excluding carboxylic acids is 1. The van der Waals surface area contributed by atoms with Crippen LogP contribution in [0.5, 0.6) is 0 Å². The summed E-state index contributed by atoms with van der Waals surface area (Å²) in [7, 11) is 0. The third-order valence-corrected chi connectivity index (χ3v) is 6.18. The van der Waals surface area contributed by atoms with Crippen LogP contribution in [0.4, 0.5) is 0 Å². The quantitative estimate of drug-likeness (QED) is 0.777. The summed E-state index contributed by atoms with van der Waals surface area (Å²) in [6.07, 6.45) is 2.13.